The third kappa shape index (κ3) is 5.19. The maximum absolute atomic E-state index is 14.1. The van der Waals surface area contributed by atoms with E-state index in [-0.39, 0.29) is 30.8 Å². The SMILES string of the molecule is CC(C)(C)OC(=O)NC1CC(=O)CCO[C@@H]1c1cc(F)c(F)cc1F. The van der Waals surface area contributed by atoms with Gasteiger partial charge in [0.05, 0.1) is 12.6 Å². The molecule has 0 spiro atoms. The quantitative estimate of drug-likeness (QED) is 0.822. The van der Waals surface area contributed by atoms with Crippen LogP contribution in [-0.2, 0) is 14.3 Å². The third-order valence-electron chi connectivity index (χ3n) is 3.54. The van der Waals surface area contributed by atoms with Crippen molar-refractivity contribution in [3.63, 3.8) is 0 Å². The van der Waals surface area contributed by atoms with Crippen molar-refractivity contribution < 1.29 is 32.2 Å². The van der Waals surface area contributed by atoms with Crippen molar-refractivity contribution in [1.82, 2.24) is 5.32 Å². The molecular formula is C17H20F3NO4. The van der Waals surface area contributed by atoms with Gasteiger partial charge in [-0.1, -0.05) is 0 Å². The van der Waals surface area contributed by atoms with Crippen LogP contribution in [0, 0.1) is 17.5 Å². The third-order valence-corrected chi connectivity index (χ3v) is 3.54. The largest absolute Gasteiger partial charge is 0.444 e. The Kier molecular flexibility index (Phi) is 5.72. The second kappa shape index (κ2) is 7.43. The van der Waals surface area contributed by atoms with Gasteiger partial charge in [-0.05, 0) is 26.8 Å². The first kappa shape index (κ1) is 19.2. The highest BCUT2D eigenvalue weighted by molar-refractivity contribution is 5.80. The number of hydrogen-bond acceptors (Lipinski definition) is 4. The molecule has 1 aromatic rings. The Bertz CT molecular complexity index is 673. The molecule has 0 aliphatic carbocycles. The molecule has 25 heavy (non-hydrogen) atoms. The lowest BCUT2D eigenvalue weighted by atomic mass is 9.97. The molecule has 0 bridgehead atoms. The lowest BCUT2D eigenvalue weighted by Gasteiger charge is -2.28. The first-order valence-electron chi connectivity index (χ1n) is 7.84. The fourth-order valence-corrected chi connectivity index (χ4v) is 2.52. The number of hydrogen-bond donors (Lipinski definition) is 1. The van der Waals surface area contributed by atoms with Gasteiger partial charge in [-0.2, -0.15) is 0 Å². The molecule has 1 unspecified atom stereocenters. The Morgan fingerprint density at radius 3 is 2.48 bits per heavy atom. The van der Waals surface area contributed by atoms with Crippen LogP contribution in [0.25, 0.3) is 0 Å². The zero-order valence-electron chi connectivity index (χ0n) is 14.2. The second-order valence-corrected chi connectivity index (χ2v) is 6.82. The summed E-state index contributed by atoms with van der Waals surface area (Å²) in [6.45, 7) is 4.96. The van der Waals surface area contributed by atoms with E-state index in [1.165, 1.54) is 0 Å². The Balaban J connectivity index is 2.30. The summed E-state index contributed by atoms with van der Waals surface area (Å²) in [7, 11) is 0. The van der Waals surface area contributed by atoms with Gasteiger partial charge < -0.3 is 14.8 Å². The number of benzene rings is 1. The first-order valence-corrected chi connectivity index (χ1v) is 7.84. The number of amides is 1. The maximum atomic E-state index is 14.1. The molecule has 1 amide bonds. The summed E-state index contributed by atoms with van der Waals surface area (Å²) in [4.78, 5) is 23.8. The van der Waals surface area contributed by atoms with Crippen molar-refractivity contribution in [3.8, 4) is 0 Å². The van der Waals surface area contributed by atoms with Gasteiger partial charge in [0, 0.05) is 24.5 Å². The smallest absolute Gasteiger partial charge is 0.407 e. The molecule has 2 rings (SSSR count). The molecule has 8 heteroatoms. The number of nitrogens with one attached hydrogen (secondary N) is 1. The van der Waals surface area contributed by atoms with Crippen molar-refractivity contribution in [2.45, 2.75) is 51.4 Å². The number of rotatable bonds is 2. The zero-order chi connectivity index (χ0) is 18.8. The van der Waals surface area contributed by atoms with Crippen LogP contribution < -0.4 is 5.32 Å². The maximum Gasteiger partial charge on any atom is 0.407 e. The van der Waals surface area contributed by atoms with E-state index < -0.39 is 41.3 Å². The zero-order valence-corrected chi connectivity index (χ0v) is 14.2. The molecule has 1 fully saturated rings. The number of carbonyl (C=O) groups is 2. The topological polar surface area (TPSA) is 64.6 Å². The monoisotopic (exact) mass is 359 g/mol. The minimum absolute atomic E-state index is 0.0194. The summed E-state index contributed by atoms with van der Waals surface area (Å²) in [6, 6.07) is 0.115. The number of halogens is 3. The predicted molar refractivity (Wildman–Crippen MR) is 82.4 cm³/mol. The average Bonchev–Trinajstić information content (AvgIpc) is 2.62. The highest BCUT2D eigenvalue weighted by Gasteiger charge is 2.34. The van der Waals surface area contributed by atoms with Crippen LogP contribution in [0.5, 0.6) is 0 Å². The Morgan fingerprint density at radius 2 is 1.84 bits per heavy atom. The van der Waals surface area contributed by atoms with Gasteiger partial charge in [-0.25, -0.2) is 18.0 Å². The first-order chi connectivity index (χ1) is 11.6. The van der Waals surface area contributed by atoms with Crippen LogP contribution in [0.1, 0.15) is 45.3 Å². The molecule has 5 nitrogen and oxygen atoms in total. The van der Waals surface area contributed by atoms with Gasteiger partial charge in [0.1, 0.15) is 23.3 Å². The lowest BCUT2D eigenvalue weighted by molar-refractivity contribution is -0.119. The van der Waals surface area contributed by atoms with E-state index in [1.807, 2.05) is 0 Å². The van der Waals surface area contributed by atoms with Gasteiger partial charge in [0.2, 0.25) is 0 Å². The van der Waals surface area contributed by atoms with Gasteiger partial charge >= 0.3 is 6.09 Å². The van der Waals surface area contributed by atoms with Gasteiger partial charge in [-0.3, -0.25) is 4.79 Å². The van der Waals surface area contributed by atoms with Crippen LogP contribution in [0.2, 0.25) is 0 Å². The summed E-state index contributed by atoms with van der Waals surface area (Å²) >= 11 is 0. The summed E-state index contributed by atoms with van der Waals surface area (Å²) in [5.41, 5.74) is -1.04. The highest BCUT2D eigenvalue weighted by atomic mass is 19.2. The van der Waals surface area contributed by atoms with Gasteiger partial charge in [0.25, 0.3) is 0 Å². The molecule has 138 valence electrons. The van der Waals surface area contributed by atoms with Crippen molar-refractivity contribution in [2.24, 2.45) is 0 Å². The summed E-state index contributed by atoms with van der Waals surface area (Å²) in [5, 5.41) is 2.47. The number of carbonyl (C=O) groups excluding carboxylic acids is 2. The van der Waals surface area contributed by atoms with E-state index in [1.54, 1.807) is 20.8 Å². The van der Waals surface area contributed by atoms with Gasteiger partial charge in [-0.15, -0.1) is 0 Å². The molecule has 0 radical (unpaired) electrons. The minimum Gasteiger partial charge on any atom is -0.444 e. The van der Waals surface area contributed by atoms with E-state index in [0.29, 0.717) is 12.1 Å². The van der Waals surface area contributed by atoms with E-state index >= 15 is 0 Å². The Labute approximate surface area is 143 Å². The van der Waals surface area contributed by atoms with Crippen LogP contribution in [-0.4, -0.2) is 30.1 Å². The lowest BCUT2D eigenvalue weighted by Crippen LogP contribution is -2.43. The molecule has 1 heterocycles. The van der Waals surface area contributed by atoms with E-state index in [0.717, 1.165) is 0 Å². The average molecular weight is 359 g/mol. The highest BCUT2D eigenvalue weighted by Crippen LogP contribution is 2.30. The number of alkyl carbamates (subject to hydrolysis) is 1. The van der Waals surface area contributed by atoms with Crippen molar-refractivity contribution in [2.75, 3.05) is 6.61 Å². The van der Waals surface area contributed by atoms with E-state index in [4.69, 9.17) is 9.47 Å². The predicted octanol–water partition coefficient (Wildman–Crippen LogP) is 3.42. The minimum atomic E-state index is -1.33. The van der Waals surface area contributed by atoms with Crippen LogP contribution in [0.15, 0.2) is 12.1 Å². The standard InChI is InChI=1S/C17H20F3NO4/c1-17(2,3)25-16(23)21-14-6-9(22)4-5-24-15(14)10-7-12(19)13(20)8-11(10)18/h7-8,14-15H,4-6H2,1-3H3,(H,21,23)/t14?,15-/m1/s1. The molecular weight excluding hydrogens is 339 g/mol. The Morgan fingerprint density at radius 1 is 1.20 bits per heavy atom. The van der Waals surface area contributed by atoms with E-state index in [9.17, 15) is 22.8 Å². The summed E-state index contributed by atoms with van der Waals surface area (Å²) in [6.07, 6.45) is -2.02. The molecule has 1 aliphatic rings. The van der Waals surface area contributed by atoms with Crippen LogP contribution in [0.4, 0.5) is 18.0 Å². The fourth-order valence-electron chi connectivity index (χ4n) is 2.52. The molecule has 1 aromatic carbocycles. The van der Waals surface area contributed by atoms with Crippen molar-refractivity contribution in [1.29, 1.82) is 0 Å². The van der Waals surface area contributed by atoms with E-state index in [2.05, 4.69) is 5.32 Å². The van der Waals surface area contributed by atoms with Crippen molar-refractivity contribution >= 4 is 11.9 Å². The number of Topliss-reactive ketones (excluding diaryl/α,β-unsaturated/α-hetero) is 1. The fraction of sp³-hybridized carbons (Fsp3) is 0.529. The van der Waals surface area contributed by atoms with Crippen molar-refractivity contribution in [3.05, 3.63) is 35.1 Å². The number of ether oxygens (including phenoxy) is 2. The molecule has 0 saturated carbocycles. The normalized spacial score (nSPS) is 21.6. The Hall–Kier alpha value is -2.09. The second-order valence-electron chi connectivity index (χ2n) is 6.82. The molecule has 2 atom stereocenters. The van der Waals surface area contributed by atoms with Crippen LogP contribution in [0.3, 0.4) is 0 Å². The van der Waals surface area contributed by atoms with Gasteiger partial charge in [0.15, 0.2) is 11.6 Å². The van der Waals surface area contributed by atoms with Crippen LogP contribution >= 0.6 is 0 Å². The molecule has 0 aromatic heterocycles. The molecule has 1 N–H and O–H groups in total. The number of ketones is 1. The summed E-state index contributed by atoms with van der Waals surface area (Å²) in [5.74, 6) is -3.80. The summed E-state index contributed by atoms with van der Waals surface area (Å²) < 4.78 is 51.4. The molecule has 1 saturated heterocycles. The molecule has 1 aliphatic heterocycles.